The third-order valence-electron chi connectivity index (χ3n) is 4.07. The molecule has 0 fully saturated rings. The molecule has 3 rings (SSSR count). The number of carbonyl (C=O) groups excluding carboxylic acids is 1. The maximum absolute atomic E-state index is 12.4. The Morgan fingerprint density at radius 1 is 1.10 bits per heavy atom. The topological polar surface area (TPSA) is 89.3 Å². The maximum atomic E-state index is 12.4. The minimum atomic E-state index is -3.73. The van der Waals surface area contributed by atoms with Crippen LogP contribution in [0.1, 0.15) is 17.0 Å². The lowest BCUT2D eigenvalue weighted by Gasteiger charge is -2.06. The Labute approximate surface area is 178 Å². The molecule has 0 aliphatic heterocycles. The normalized spacial score (nSPS) is 11.4. The summed E-state index contributed by atoms with van der Waals surface area (Å²) in [7, 11) is -3.73. The van der Waals surface area contributed by atoms with Gasteiger partial charge in [0.05, 0.1) is 11.4 Å². The average Bonchev–Trinajstić information content (AvgIpc) is 3.01. The molecule has 0 bridgehead atoms. The summed E-state index contributed by atoms with van der Waals surface area (Å²) >= 11 is 11.8. The predicted octanol–water partition coefficient (Wildman–Crippen LogP) is 4.19. The zero-order valence-electron chi connectivity index (χ0n) is 15.5. The van der Waals surface area contributed by atoms with Crippen LogP contribution in [0.25, 0.3) is 11.5 Å². The SMILES string of the molecule is Cc1oc(-c2cccc(Cl)c2)nc1CS(=O)(=O)CC(=O)NCc1ccc(Cl)cc1. The van der Waals surface area contributed by atoms with Gasteiger partial charge in [-0.25, -0.2) is 13.4 Å². The number of hydrogen-bond donors (Lipinski definition) is 1. The van der Waals surface area contributed by atoms with E-state index in [1.165, 1.54) is 0 Å². The molecule has 1 heterocycles. The van der Waals surface area contributed by atoms with E-state index >= 15 is 0 Å². The summed E-state index contributed by atoms with van der Waals surface area (Å²) in [6.07, 6.45) is 0. The van der Waals surface area contributed by atoms with Gasteiger partial charge in [-0.05, 0) is 42.8 Å². The summed E-state index contributed by atoms with van der Waals surface area (Å²) in [6.45, 7) is 1.85. The van der Waals surface area contributed by atoms with Gasteiger partial charge in [0, 0.05) is 22.2 Å². The van der Waals surface area contributed by atoms with Crippen LogP contribution in [0.3, 0.4) is 0 Å². The summed E-state index contributed by atoms with van der Waals surface area (Å²) in [4.78, 5) is 16.3. The summed E-state index contributed by atoms with van der Waals surface area (Å²) < 4.78 is 30.5. The second-order valence-electron chi connectivity index (χ2n) is 6.47. The molecule has 0 radical (unpaired) electrons. The van der Waals surface area contributed by atoms with E-state index in [2.05, 4.69) is 10.3 Å². The van der Waals surface area contributed by atoms with Gasteiger partial charge in [-0.2, -0.15) is 0 Å². The molecule has 9 heteroatoms. The molecule has 3 aromatic rings. The number of sulfone groups is 1. The van der Waals surface area contributed by atoms with Crippen molar-refractivity contribution >= 4 is 38.9 Å². The van der Waals surface area contributed by atoms with Crippen LogP contribution in [-0.4, -0.2) is 25.1 Å². The molecule has 0 aliphatic carbocycles. The smallest absolute Gasteiger partial charge is 0.235 e. The molecular weight excluding hydrogens is 435 g/mol. The number of hydrogen-bond acceptors (Lipinski definition) is 5. The molecular formula is C20H18Cl2N2O4S. The van der Waals surface area contributed by atoms with E-state index in [1.54, 1.807) is 55.5 Å². The molecule has 0 saturated carbocycles. The molecule has 0 aliphatic rings. The highest BCUT2D eigenvalue weighted by molar-refractivity contribution is 7.91. The van der Waals surface area contributed by atoms with Crippen LogP contribution < -0.4 is 5.32 Å². The third-order valence-corrected chi connectivity index (χ3v) is 5.98. The quantitative estimate of drug-likeness (QED) is 0.580. The molecule has 1 aromatic heterocycles. The number of aryl methyl sites for hydroxylation is 1. The highest BCUT2D eigenvalue weighted by atomic mass is 35.5. The minimum Gasteiger partial charge on any atom is -0.441 e. The van der Waals surface area contributed by atoms with Gasteiger partial charge in [-0.1, -0.05) is 41.4 Å². The number of aromatic nitrogens is 1. The number of halogens is 2. The standard InChI is InChI=1S/C20H18Cl2N2O4S/c1-13-18(24-20(28-13)15-3-2-4-17(22)9-15)11-29(26,27)12-19(25)23-10-14-5-7-16(21)8-6-14/h2-9H,10-12H2,1H3,(H,23,25). The Balaban J connectivity index is 1.63. The van der Waals surface area contributed by atoms with Crippen molar-refractivity contribution in [2.24, 2.45) is 0 Å². The number of oxazole rings is 1. The molecule has 0 atom stereocenters. The molecule has 0 unspecified atom stereocenters. The zero-order chi connectivity index (χ0) is 21.0. The van der Waals surface area contributed by atoms with Gasteiger partial charge in [0.25, 0.3) is 0 Å². The predicted molar refractivity (Wildman–Crippen MR) is 112 cm³/mol. The fourth-order valence-electron chi connectivity index (χ4n) is 2.62. The van der Waals surface area contributed by atoms with E-state index in [4.69, 9.17) is 27.6 Å². The summed E-state index contributed by atoms with van der Waals surface area (Å²) in [5, 5.41) is 3.70. The summed E-state index contributed by atoms with van der Waals surface area (Å²) in [5.74, 6) is -0.958. The van der Waals surface area contributed by atoms with E-state index in [9.17, 15) is 13.2 Å². The number of nitrogens with zero attached hydrogens (tertiary/aromatic N) is 1. The summed E-state index contributed by atoms with van der Waals surface area (Å²) in [6, 6.07) is 13.8. The van der Waals surface area contributed by atoms with Crippen molar-refractivity contribution in [1.82, 2.24) is 10.3 Å². The molecule has 6 nitrogen and oxygen atoms in total. The van der Waals surface area contributed by atoms with Crippen molar-refractivity contribution in [1.29, 1.82) is 0 Å². The van der Waals surface area contributed by atoms with Crippen LogP contribution in [0.15, 0.2) is 52.9 Å². The fraction of sp³-hybridized carbons (Fsp3) is 0.200. The Hall–Kier alpha value is -2.35. The Bertz CT molecular complexity index is 1130. The number of carbonyl (C=O) groups is 1. The van der Waals surface area contributed by atoms with Crippen molar-refractivity contribution < 1.29 is 17.6 Å². The van der Waals surface area contributed by atoms with Gasteiger partial charge in [-0.15, -0.1) is 0 Å². The van der Waals surface area contributed by atoms with E-state index in [-0.39, 0.29) is 18.1 Å². The number of amides is 1. The van der Waals surface area contributed by atoms with E-state index in [0.29, 0.717) is 21.4 Å². The van der Waals surface area contributed by atoms with E-state index < -0.39 is 27.3 Å². The molecule has 0 saturated heterocycles. The highest BCUT2D eigenvalue weighted by Gasteiger charge is 2.22. The zero-order valence-corrected chi connectivity index (χ0v) is 17.8. The van der Waals surface area contributed by atoms with Gasteiger partial charge in [-0.3, -0.25) is 4.79 Å². The lowest BCUT2D eigenvalue weighted by molar-refractivity contribution is -0.118. The molecule has 0 spiro atoms. The van der Waals surface area contributed by atoms with Crippen LogP contribution in [0, 0.1) is 6.92 Å². The second-order valence-corrected chi connectivity index (χ2v) is 9.41. The van der Waals surface area contributed by atoms with E-state index in [0.717, 1.165) is 5.56 Å². The lowest BCUT2D eigenvalue weighted by atomic mass is 10.2. The average molecular weight is 453 g/mol. The highest BCUT2D eigenvalue weighted by Crippen LogP contribution is 2.25. The Morgan fingerprint density at radius 3 is 2.52 bits per heavy atom. The van der Waals surface area contributed by atoms with Crippen molar-refractivity contribution in [3.05, 3.63) is 75.6 Å². The first kappa shape index (κ1) is 21.4. The van der Waals surface area contributed by atoms with Gasteiger partial charge in [0.2, 0.25) is 11.8 Å². The minimum absolute atomic E-state index is 0.216. The van der Waals surface area contributed by atoms with Crippen LogP contribution in [0.4, 0.5) is 0 Å². The summed E-state index contributed by atoms with van der Waals surface area (Å²) in [5.41, 5.74) is 1.73. The Morgan fingerprint density at radius 2 is 1.83 bits per heavy atom. The molecule has 2 aromatic carbocycles. The lowest BCUT2D eigenvalue weighted by Crippen LogP contribution is -2.30. The number of nitrogens with one attached hydrogen (secondary N) is 1. The van der Waals surface area contributed by atoms with Crippen molar-refractivity contribution in [2.45, 2.75) is 19.2 Å². The maximum Gasteiger partial charge on any atom is 0.235 e. The number of benzene rings is 2. The van der Waals surface area contributed by atoms with Gasteiger partial charge in [0.15, 0.2) is 9.84 Å². The van der Waals surface area contributed by atoms with Crippen LogP contribution >= 0.6 is 23.2 Å². The first-order chi connectivity index (χ1) is 13.7. The van der Waals surface area contributed by atoms with Gasteiger partial charge in [0.1, 0.15) is 11.5 Å². The van der Waals surface area contributed by atoms with E-state index in [1.807, 2.05) is 0 Å². The molecule has 1 N–H and O–H groups in total. The van der Waals surface area contributed by atoms with Crippen molar-refractivity contribution in [3.63, 3.8) is 0 Å². The molecule has 29 heavy (non-hydrogen) atoms. The monoisotopic (exact) mass is 452 g/mol. The third kappa shape index (κ3) is 6.06. The largest absolute Gasteiger partial charge is 0.441 e. The first-order valence-corrected chi connectivity index (χ1v) is 11.2. The van der Waals surface area contributed by atoms with Gasteiger partial charge < -0.3 is 9.73 Å². The van der Waals surface area contributed by atoms with Crippen LogP contribution in [-0.2, 0) is 26.9 Å². The Kier molecular flexibility index (Phi) is 6.62. The van der Waals surface area contributed by atoms with Crippen LogP contribution in [0.5, 0.6) is 0 Å². The van der Waals surface area contributed by atoms with Crippen molar-refractivity contribution in [2.75, 3.05) is 5.75 Å². The van der Waals surface area contributed by atoms with Crippen LogP contribution in [0.2, 0.25) is 10.0 Å². The molecule has 152 valence electrons. The van der Waals surface area contributed by atoms with Gasteiger partial charge >= 0.3 is 0 Å². The number of rotatable bonds is 7. The second kappa shape index (κ2) is 8.98. The molecule has 1 amide bonds. The fourth-order valence-corrected chi connectivity index (χ4v) is 4.22. The van der Waals surface area contributed by atoms with Crippen molar-refractivity contribution in [3.8, 4) is 11.5 Å². The first-order valence-electron chi connectivity index (χ1n) is 8.66.